The lowest BCUT2D eigenvalue weighted by atomic mass is 9.94. The van der Waals surface area contributed by atoms with Gasteiger partial charge in [-0.1, -0.05) is 0 Å². The molecule has 3 rings (SSSR count). The SMILES string of the molecule is NC1CCC(OCCNc2cncc3nnnn23)CC1. The molecule has 2 heterocycles. The second kappa shape index (κ2) is 6.10. The largest absolute Gasteiger partial charge is 0.376 e. The summed E-state index contributed by atoms with van der Waals surface area (Å²) in [6, 6.07) is 0.358. The van der Waals surface area contributed by atoms with Gasteiger partial charge < -0.3 is 15.8 Å². The number of nitrogens with one attached hydrogen (secondary N) is 1. The first-order valence-corrected chi connectivity index (χ1v) is 6.96. The molecule has 2 aromatic heterocycles. The third kappa shape index (κ3) is 3.02. The number of nitrogens with two attached hydrogens (primary N) is 1. The zero-order valence-corrected chi connectivity index (χ0v) is 11.3. The van der Waals surface area contributed by atoms with E-state index in [0.717, 1.165) is 31.5 Å². The fourth-order valence-corrected chi connectivity index (χ4v) is 2.46. The van der Waals surface area contributed by atoms with Gasteiger partial charge in [0.25, 0.3) is 0 Å². The maximum absolute atomic E-state index is 5.87. The number of ether oxygens (including phenoxy) is 1. The first kappa shape index (κ1) is 13.2. The van der Waals surface area contributed by atoms with Crippen molar-refractivity contribution in [2.45, 2.75) is 37.8 Å². The molecule has 8 nitrogen and oxygen atoms in total. The quantitative estimate of drug-likeness (QED) is 0.753. The van der Waals surface area contributed by atoms with Gasteiger partial charge >= 0.3 is 0 Å². The molecule has 20 heavy (non-hydrogen) atoms. The van der Waals surface area contributed by atoms with E-state index in [0.29, 0.717) is 30.9 Å². The second-order valence-corrected chi connectivity index (χ2v) is 5.08. The van der Waals surface area contributed by atoms with Gasteiger partial charge in [-0.25, -0.2) is 0 Å². The van der Waals surface area contributed by atoms with Crippen LogP contribution in [0.25, 0.3) is 5.65 Å². The van der Waals surface area contributed by atoms with Gasteiger partial charge in [0.15, 0.2) is 5.65 Å². The van der Waals surface area contributed by atoms with Gasteiger partial charge in [-0.3, -0.25) is 4.98 Å². The zero-order chi connectivity index (χ0) is 13.8. The van der Waals surface area contributed by atoms with Crippen LogP contribution < -0.4 is 11.1 Å². The molecule has 0 amide bonds. The Kier molecular flexibility index (Phi) is 4.03. The predicted octanol–water partition coefficient (Wildman–Crippen LogP) is 0.218. The van der Waals surface area contributed by atoms with E-state index >= 15 is 0 Å². The number of hydrogen-bond donors (Lipinski definition) is 2. The standard InChI is InChI=1S/C12H19N7O/c13-9-1-3-10(4-2-9)20-6-5-15-11-7-14-8-12-16-17-18-19(11)12/h7-10,15H,1-6,13H2. The Balaban J connectivity index is 1.45. The molecule has 108 valence electrons. The Morgan fingerprint density at radius 1 is 1.30 bits per heavy atom. The number of aromatic nitrogens is 5. The summed E-state index contributed by atoms with van der Waals surface area (Å²) in [4.78, 5) is 4.08. The maximum Gasteiger partial charge on any atom is 0.199 e. The van der Waals surface area contributed by atoms with E-state index in [1.165, 1.54) is 0 Å². The Labute approximate surface area is 116 Å². The fourth-order valence-electron chi connectivity index (χ4n) is 2.46. The minimum absolute atomic E-state index is 0.346. The first-order valence-electron chi connectivity index (χ1n) is 6.96. The van der Waals surface area contributed by atoms with E-state index in [1.807, 2.05) is 0 Å². The fraction of sp³-hybridized carbons (Fsp3) is 0.667. The van der Waals surface area contributed by atoms with Crippen LogP contribution in [0, 0.1) is 0 Å². The van der Waals surface area contributed by atoms with Crippen molar-refractivity contribution >= 4 is 11.5 Å². The van der Waals surface area contributed by atoms with Crippen molar-refractivity contribution in [3.63, 3.8) is 0 Å². The minimum atomic E-state index is 0.346. The summed E-state index contributed by atoms with van der Waals surface area (Å²) in [7, 11) is 0. The van der Waals surface area contributed by atoms with Crippen LogP contribution in [0.1, 0.15) is 25.7 Å². The van der Waals surface area contributed by atoms with Gasteiger partial charge in [-0.15, -0.1) is 5.10 Å². The molecule has 0 bridgehead atoms. The Hall–Kier alpha value is -1.80. The average Bonchev–Trinajstić information content (AvgIpc) is 2.94. The highest BCUT2D eigenvalue weighted by atomic mass is 16.5. The van der Waals surface area contributed by atoms with Gasteiger partial charge in [0, 0.05) is 12.6 Å². The maximum atomic E-state index is 5.87. The van der Waals surface area contributed by atoms with Crippen LogP contribution in [-0.2, 0) is 4.74 Å². The van der Waals surface area contributed by atoms with Crippen molar-refractivity contribution in [3.8, 4) is 0 Å². The smallest absolute Gasteiger partial charge is 0.199 e. The molecule has 8 heteroatoms. The van der Waals surface area contributed by atoms with Crippen LogP contribution in [0.2, 0.25) is 0 Å². The molecule has 0 aromatic carbocycles. The molecule has 1 fully saturated rings. The van der Waals surface area contributed by atoms with Gasteiger partial charge in [0.1, 0.15) is 5.82 Å². The summed E-state index contributed by atoms with van der Waals surface area (Å²) < 4.78 is 7.46. The van der Waals surface area contributed by atoms with E-state index in [1.54, 1.807) is 16.9 Å². The molecule has 0 radical (unpaired) electrons. The summed E-state index contributed by atoms with van der Waals surface area (Å²) in [6.45, 7) is 1.35. The summed E-state index contributed by atoms with van der Waals surface area (Å²) in [5.74, 6) is 0.766. The molecule has 0 atom stereocenters. The van der Waals surface area contributed by atoms with Crippen LogP contribution in [-0.4, -0.2) is 50.3 Å². The van der Waals surface area contributed by atoms with Crippen molar-refractivity contribution < 1.29 is 4.74 Å². The van der Waals surface area contributed by atoms with Crippen molar-refractivity contribution in [2.75, 3.05) is 18.5 Å². The number of tetrazole rings is 1. The third-order valence-electron chi connectivity index (χ3n) is 3.59. The van der Waals surface area contributed by atoms with Gasteiger partial charge in [-0.2, -0.15) is 4.52 Å². The Morgan fingerprint density at radius 3 is 3.00 bits per heavy atom. The molecule has 3 N–H and O–H groups in total. The molecule has 0 spiro atoms. The topological polar surface area (TPSA) is 103 Å². The molecule has 1 aliphatic rings. The van der Waals surface area contributed by atoms with Gasteiger partial charge in [0.2, 0.25) is 0 Å². The van der Waals surface area contributed by atoms with Crippen molar-refractivity contribution in [1.29, 1.82) is 0 Å². The van der Waals surface area contributed by atoms with Crippen LogP contribution in [0.5, 0.6) is 0 Å². The van der Waals surface area contributed by atoms with E-state index in [2.05, 4.69) is 25.8 Å². The third-order valence-corrected chi connectivity index (χ3v) is 3.59. The van der Waals surface area contributed by atoms with Crippen molar-refractivity contribution in [3.05, 3.63) is 12.4 Å². The van der Waals surface area contributed by atoms with Crippen LogP contribution >= 0.6 is 0 Å². The number of fused-ring (bicyclic) bond motifs is 1. The lowest BCUT2D eigenvalue weighted by Crippen LogP contribution is -2.31. The molecule has 0 aliphatic heterocycles. The number of hydrogen-bond acceptors (Lipinski definition) is 7. The molecule has 0 unspecified atom stereocenters. The molecule has 1 aliphatic carbocycles. The molecular formula is C12H19N7O. The molecule has 1 saturated carbocycles. The van der Waals surface area contributed by atoms with Crippen LogP contribution in [0.4, 0.5) is 5.82 Å². The summed E-state index contributed by atoms with van der Waals surface area (Å²) in [5.41, 5.74) is 6.50. The Morgan fingerprint density at radius 2 is 2.15 bits per heavy atom. The van der Waals surface area contributed by atoms with Crippen LogP contribution in [0.15, 0.2) is 12.4 Å². The van der Waals surface area contributed by atoms with Crippen molar-refractivity contribution in [2.24, 2.45) is 5.73 Å². The van der Waals surface area contributed by atoms with E-state index < -0.39 is 0 Å². The number of nitrogens with zero attached hydrogens (tertiary/aromatic N) is 5. The number of rotatable bonds is 5. The summed E-state index contributed by atoms with van der Waals surface area (Å²) >= 11 is 0. The van der Waals surface area contributed by atoms with E-state index in [9.17, 15) is 0 Å². The molecule has 0 saturated heterocycles. The average molecular weight is 277 g/mol. The highest BCUT2D eigenvalue weighted by molar-refractivity contribution is 5.43. The van der Waals surface area contributed by atoms with Gasteiger partial charge in [0.05, 0.1) is 25.1 Å². The predicted molar refractivity (Wildman–Crippen MR) is 73.3 cm³/mol. The van der Waals surface area contributed by atoms with Crippen LogP contribution in [0.3, 0.4) is 0 Å². The second-order valence-electron chi connectivity index (χ2n) is 5.08. The normalized spacial score (nSPS) is 23.1. The van der Waals surface area contributed by atoms with Crippen molar-refractivity contribution in [1.82, 2.24) is 25.0 Å². The van der Waals surface area contributed by atoms with Gasteiger partial charge in [-0.05, 0) is 36.1 Å². The van der Waals surface area contributed by atoms with E-state index in [-0.39, 0.29) is 0 Å². The minimum Gasteiger partial charge on any atom is -0.376 e. The highest BCUT2D eigenvalue weighted by Gasteiger charge is 2.18. The van der Waals surface area contributed by atoms with E-state index in [4.69, 9.17) is 10.5 Å². The Bertz CT molecular complexity index is 549. The first-order chi connectivity index (χ1) is 9.83. The zero-order valence-electron chi connectivity index (χ0n) is 11.3. The highest BCUT2D eigenvalue weighted by Crippen LogP contribution is 2.19. The monoisotopic (exact) mass is 277 g/mol. The molecule has 2 aromatic rings. The molecular weight excluding hydrogens is 258 g/mol. The summed E-state index contributed by atoms with van der Waals surface area (Å²) in [5, 5.41) is 14.6. The lowest BCUT2D eigenvalue weighted by molar-refractivity contribution is 0.0313. The number of anilines is 1. The summed E-state index contributed by atoms with van der Waals surface area (Å²) in [6.07, 6.45) is 7.91. The lowest BCUT2D eigenvalue weighted by Gasteiger charge is -2.26.